The number of hydrogen-bond acceptors (Lipinski definition) is 1. The highest BCUT2D eigenvalue weighted by Gasteiger charge is 2.06. The standard InChI is InChI=1S/C11H13ClN2/c1-3-6-14-8(2)13-10-5-4-9(12)7-11(10)14/h4-5,7H,3,6H2,1-2H3. The summed E-state index contributed by atoms with van der Waals surface area (Å²) in [6.07, 6.45) is 1.11. The lowest BCUT2D eigenvalue weighted by atomic mass is 10.3. The van der Waals surface area contributed by atoms with Crippen LogP contribution >= 0.6 is 11.6 Å². The molecule has 0 fully saturated rings. The Kier molecular flexibility index (Phi) is 2.46. The summed E-state index contributed by atoms with van der Waals surface area (Å²) in [5.74, 6) is 1.06. The maximum Gasteiger partial charge on any atom is 0.106 e. The van der Waals surface area contributed by atoms with Crippen molar-refractivity contribution in [2.75, 3.05) is 0 Å². The molecule has 1 heterocycles. The molecule has 0 spiro atoms. The third kappa shape index (κ3) is 1.50. The summed E-state index contributed by atoms with van der Waals surface area (Å²) in [7, 11) is 0. The van der Waals surface area contributed by atoms with Crippen molar-refractivity contribution in [1.82, 2.24) is 9.55 Å². The van der Waals surface area contributed by atoms with Crippen LogP contribution in [0.1, 0.15) is 19.2 Å². The highest BCUT2D eigenvalue weighted by molar-refractivity contribution is 6.31. The molecule has 0 radical (unpaired) electrons. The molecule has 0 aliphatic carbocycles. The van der Waals surface area contributed by atoms with Gasteiger partial charge in [0.1, 0.15) is 5.82 Å². The minimum atomic E-state index is 0.773. The molecular weight excluding hydrogens is 196 g/mol. The molecule has 2 aromatic rings. The van der Waals surface area contributed by atoms with Crippen molar-refractivity contribution in [1.29, 1.82) is 0 Å². The van der Waals surface area contributed by atoms with E-state index in [9.17, 15) is 0 Å². The Balaban J connectivity index is 2.66. The fourth-order valence-corrected chi connectivity index (χ4v) is 1.89. The zero-order valence-electron chi connectivity index (χ0n) is 8.42. The van der Waals surface area contributed by atoms with E-state index in [1.165, 1.54) is 0 Å². The van der Waals surface area contributed by atoms with Crippen molar-refractivity contribution in [3.63, 3.8) is 0 Å². The van der Waals surface area contributed by atoms with Crippen LogP contribution in [-0.4, -0.2) is 9.55 Å². The largest absolute Gasteiger partial charge is 0.328 e. The number of rotatable bonds is 2. The highest BCUT2D eigenvalue weighted by atomic mass is 35.5. The fraction of sp³-hybridized carbons (Fsp3) is 0.364. The number of aryl methyl sites for hydroxylation is 2. The van der Waals surface area contributed by atoms with Crippen LogP contribution in [0, 0.1) is 6.92 Å². The topological polar surface area (TPSA) is 17.8 Å². The van der Waals surface area contributed by atoms with Crippen LogP contribution in [0.2, 0.25) is 5.02 Å². The molecule has 14 heavy (non-hydrogen) atoms. The molecule has 0 aliphatic heterocycles. The van der Waals surface area contributed by atoms with Crippen molar-refractivity contribution in [3.05, 3.63) is 29.0 Å². The molecule has 74 valence electrons. The van der Waals surface area contributed by atoms with Gasteiger partial charge >= 0.3 is 0 Å². The SMILES string of the molecule is CCCn1c(C)nc2ccc(Cl)cc21. The van der Waals surface area contributed by atoms with Crippen LogP contribution in [0.4, 0.5) is 0 Å². The first kappa shape index (κ1) is 9.53. The molecule has 0 saturated carbocycles. The minimum absolute atomic E-state index is 0.773. The fourth-order valence-electron chi connectivity index (χ4n) is 1.72. The summed E-state index contributed by atoms with van der Waals surface area (Å²) < 4.78 is 2.21. The van der Waals surface area contributed by atoms with E-state index < -0.39 is 0 Å². The van der Waals surface area contributed by atoms with Crippen LogP contribution < -0.4 is 0 Å². The molecule has 0 bridgehead atoms. The van der Waals surface area contributed by atoms with Gasteiger partial charge in [0.15, 0.2) is 0 Å². The number of fused-ring (bicyclic) bond motifs is 1. The van der Waals surface area contributed by atoms with Crippen LogP contribution in [0.3, 0.4) is 0 Å². The van der Waals surface area contributed by atoms with Crippen molar-refractivity contribution in [2.45, 2.75) is 26.8 Å². The number of benzene rings is 1. The molecule has 0 amide bonds. The first-order chi connectivity index (χ1) is 6.72. The van der Waals surface area contributed by atoms with E-state index >= 15 is 0 Å². The Bertz CT molecular complexity index is 460. The van der Waals surface area contributed by atoms with E-state index in [4.69, 9.17) is 11.6 Å². The van der Waals surface area contributed by atoms with Crippen molar-refractivity contribution < 1.29 is 0 Å². The maximum absolute atomic E-state index is 5.96. The monoisotopic (exact) mass is 208 g/mol. The van der Waals surface area contributed by atoms with Gasteiger partial charge in [0, 0.05) is 11.6 Å². The molecule has 0 atom stereocenters. The van der Waals surface area contributed by atoms with E-state index in [1.807, 2.05) is 25.1 Å². The quantitative estimate of drug-likeness (QED) is 0.740. The summed E-state index contributed by atoms with van der Waals surface area (Å²) in [5, 5.41) is 0.773. The average molecular weight is 209 g/mol. The van der Waals surface area contributed by atoms with Crippen LogP contribution in [-0.2, 0) is 6.54 Å². The third-order valence-electron chi connectivity index (χ3n) is 2.35. The van der Waals surface area contributed by atoms with E-state index in [0.29, 0.717) is 0 Å². The van der Waals surface area contributed by atoms with Gasteiger partial charge in [-0.15, -0.1) is 0 Å². The molecule has 3 heteroatoms. The van der Waals surface area contributed by atoms with Gasteiger partial charge in [-0.3, -0.25) is 0 Å². The van der Waals surface area contributed by atoms with Crippen molar-refractivity contribution in [3.8, 4) is 0 Å². The van der Waals surface area contributed by atoms with Gasteiger partial charge in [-0.1, -0.05) is 18.5 Å². The normalized spacial score (nSPS) is 11.1. The summed E-state index contributed by atoms with van der Waals surface area (Å²) in [4.78, 5) is 4.48. The number of nitrogens with zero attached hydrogens (tertiary/aromatic N) is 2. The summed E-state index contributed by atoms with van der Waals surface area (Å²) >= 11 is 5.96. The molecule has 1 aromatic heterocycles. The Labute approximate surface area is 88.5 Å². The second kappa shape index (κ2) is 3.62. The van der Waals surface area contributed by atoms with Crippen LogP contribution in [0.15, 0.2) is 18.2 Å². The van der Waals surface area contributed by atoms with Gasteiger partial charge in [-0.25, -0.2) is 4.98 Å². The summed E-state index contributed by atoms with van der Waals surface area (Å²) in [5.41, 5.74) is 2.16. The van der Waals surface area contributed by atoms with Gasteiger partial charge in [-0.2, -0.15) is 0 Å². The molecule has 0 unspecified atom stereocenters. The zero-order chi connectivity index (χ0) is 10.1. The predicted octanol–water partition coefficient (Wildman–Crippen LogP) is 3.41. The zero-order valence-corrected chi connectivity index (χ0v) is 9.17. The maximum atomic E-state index is 5.96. The van der Waals surface area contributed by atoms with E-state index in [1.54, 1.807) is 0 Å². The second-order valence-electron chi connectivity index (χ2n) is 3.44. The van der Waals surface area contributed by atoms with E-state index in [-0.39, 0.29) is 0 Å². The molecule has 0 N–H and O–H groups in total. The summed E-state index contributed by atoms with van der Waals surface area (Å²) in [6, 6.07) is 5.83. The molecule has 0 saturated heterocycles. The van der Waals surface area contributed by atoms with E-state index in [0.717, 1.165) is 34.8 Å². The first-order valence-electron chi connectivity index (χ1n) is 4.84. The molecule has 1 aromatic carbocycles. The number of halogens is 1. The number of imidazole rings is 1. The van der Waals surface area contributed by atoms with Crippen molar-refractivity contribution >= 4 is 22.6 Å². The first-order valence-corrected chi connectivity index (χ1v) is 5.22. The third-order valence-corrected chi connectivity index (χ3v) is 2.58. The Morgan fingerprint density at radius 1 is 1.43 bits per heavy atom. The average Bonchev–Trinajstić information content (AvgIpc) is 2.45. The van der Waals surface area contributed by atoms with E-state index in [2.05, 4.69) is 16.5 Å². The van der Waals surface area contributed by atoms with Gasteiger partial charge in [0.2, 0.25) is 0 Å². The lowest BCUT2D eigenvalue weighted by Crippen LogP contribution is -1.98. The predicted molar refractivity (Wildman–Crippen MR) is 59.8 cm³/mol. The van der Waals surface area contributed by atoms with Gasteiger partial charge < -0.3 is 4.57 Å². The molecule has 2 nitrogen and oxygen atoms in total. The smallest absolute Gasteiger partial charge is 0.106 e. The van der Waals surface area contributed by atoms with Crippen molar-refractivity contribution in [2.24, 2.45) is 0 Å². The lowest BCUT2D eigenvalue weighted by Gasteiger charge is -2.03. The minimum Gasteiger partial charge on any atom is -0.328 e. The Hall–Kier alpha value is -1.02. The van der Waals surface area contributed by atoms with Gasteiger partial charge in [0.25, 0.3) is 0 Å². The molecule has 0 aliphatic rings. The van der Waals surface area contributed by atoms with Crippen LogP contribution in [0.25, 0.3) is 11.0 Å². The lowest BCUT2D eigenvalue weighted by molar-refractivity contribution is 0.676. The van der Waals surface area contributed by atoms with Gasteiger partial charge in [0.05, 0.1) is 11.0 Å². The second-order valence-corrected chi connectivity index (χ2v) is 3.88. The number of hydrogen-bond donors (Lipinski definition) is 0. The molecule has 2 rings (SSSR count). The number of aromatic nitrogens is 2. The Morgan fingerprint density at radius 3 is 2.93 bits per heavy atom. The highest BCUT2D eigenvalue weighted by Crippen LogP contribution is 2.20. The van der Waals surface area contributed by atoms with Gasteiger partial charge in [-0.05, 0) is 31.5 Å². The van der Waals surface area contributed by atoms with Crippen LogP contribution in [0.5, 0.6) is 0 Å². The summed E-state index contributed by atoms with van der Waals surface area (Å²) in [6.45, 7) is 5.20. The molecular formula is C11H13ClN2. The Morgan fingerprint density at radius 2 is 2.21 bits per heavy atom.